The number of hydrogen-bond acceptors (Lipinski definition) is 0. The third-order valence-corrected chi connectivity index (χ3v) is 3.34. The summed E-state index contributed by atoms with van der Waals surface area (Å²) in [5, 5.41) is 0. The molecule has 9 heavy (non-hydrogen) atoms. The summed E-state index contributed by atoms with van der Waals surface area (Å²) >= 11 is 0. The molecule has 0 aromatic heterocycles. The molecule has 1 aliphatic rings. The van der Waals surface area contributed by atoms with Gasteiger partial charge < -0.3 is 0 Å². The Balaban J connectivity index is 2.11. The van der Waals surface area contributed by atoms with Gasteiger partial charge in [0.1, 0.15) is 0 Å². The zero-order chi connectivity index (χ0) is 6.69. The van der Waals surface area contributed by atoms with E-state index in [4.69, 9.17) is 0 Å². The SMILES string of the molecule is CP(C)CC1CCCC1. The van der Waals surface area contributed by atoms with Gasteiger partial charge in [0.15, 0.2) is 0 Å². The largest absolute Gasteiger partial charge is 0.113 e. The molecule has 0 unspecified atom stereocenters. The summed E-state index contributed by atoms with van der Waals surface area (Å²) in [5.41, 5.74) is 0. The monoisotopic (exact) mass is 144 g/mol. The maximum absolute atomic E-state index is 2.40. The molecule has 0 aliphatic heterocycles. The molecule has 1 saturated carbocycles. The van der Waals surface area contributed by atoms with Gasteiger partial charge in [-0.25, -0.2) is 0 Å². The van der Waals surface area contributed by atoms with Crippen LogP contribution >= 0.6 is 7.92 Å². The quantitative estimate of drug-likeness (QED) is 0.523. The van der Waals surface area contributed by atoms with Crippen LogP contribution in [0, 0.1) is 5.92 Å². The van der Waals surface area contributed by atoms with Gasteiger partial charge in [-0.05, 0) is 25.4 Å². The first-order valence-corrected chi connectivity index (χ1v) is 6.36. The number of rotatable bonds is 2. The van der Waals surface area contributed by atoms with Crippen molar-refractivity contribution in [3.8, 4) is 0 Å². The lowest BCUT2D eigenvalue weighted by Gasteiger charge is -2.10. The van der Waals surface area contributed by atoms with Crippen LogP contribution in [0.1, 0.15) is 25.7 Å². The highest BCUT2D eigenvalue weighted by Crippen LogP contribution is 2.35. The van der Waals surface area contributed by atoms with Crippen LogP contribution in [0.3, 0.4) is 0 Å². The second-order valence-electron chi connectivity index (χ2n) is 3.41. The zero-order valence-electron chi connectivity index (χ0n) is 6.56. The van der Waals surface area contributed by atoms with Gasteiger partial charge in [-0.3, -0.25) is 0 Å². The molecule has 0 aromatic rings. The standard InChI is InChI=1S/C8H17P/c1-9(2)7-8-5-3-4-6-8/h8H,3-7H2,1-2H3. The Bertz CT molecular complexity index is 72.6. The molecular formula is C8H17P. The summed E-state index contributed by atoms with van der Waals surface area (Å²) in [4.78, 5) is 0. The van der Waals surface area contributed by atoms with E-state index in [-0.39, 0.29) is 0 Å². The van der Waals surface area contributed by atoms with Crippen molar-refractivity contribution < 1.29 is 0 Å². The van der Waals surface area contributed by atoms with E-state index in [9.17, 15) is 0 Å². The summed E-state index contributed by atoms with van der Waals surface area (Å²) in [5.74, 6) is 1.12. The smallest absolute Gasteiger partial charge is 0.0302 e. The molecule has 1 rings (SSSR count). The van der Waals surface area contributed by atoms with Crippen molar-refractivity contribution in [3.05, 3.63) is 0 Å². The van der Waals surface area contributed by atoms with Gasteiger partial charge in [0.2, 0.25) is 0 Å². The van der Waals surface area contributed by atoms with Crippen molar-refractivity contribution in [2.24, 2.45) is 5.92 Å². The summed E-state index contributed by atoms with van der Waals surface area (Å²) < 4.78 is 0. The van der Waals surface area contributed by atoms with Crippen molar-refractivity contribution in [1.82, 2.24) is 0 Å². The van der Waals surface area contributed by atoms with Gasteiger partial charge in [-0.1, -0.05) is 25.7 Å². The molecule has 0 aromatic carbocycles. The second-order valence-corrected chi connectivity index (χ2v) is 5.94. The summed E-state index contributed by atoms with van der Waals surface area (Å²) in [7, 11) is 0.389. The van der Waals surface area contributed by atoms with Crippen molar-refractivity contribution in [2.45, 2.75) is 25.7 Å². The highest BCUT2D eigenvalue weighted by atomic mass is 31.1. The third-order valence-electron chi connectivity index (χ3n) is 2.10. The van der Waals surface area contributed by atoms with Crippen LogP contribution < -0.4 is 0 Å². The first-order chi connectivity index (χ1) is 4.29. The fourth-order valence-corrected chi connectivity index (χ4v) is 3.11. The highest BCUT2D eigenvalue weighted by Gasteiger charge is 2.15. The van der Waals surface area contributed by atoms with Gasteiger partial charge >= 0.3 is 0 Å². The van der Waals surface area contributed by atoms with E-state index in [0.29, 0.717) is 7.92 Å². The second kappa shape index (κ2) is 3.56. The van der Waals surface area contributed by atoms with Crippen molar-refractivity contribution in [2.75, 3.05) is 19.5 Å². The van der Waals surface area contributed by atoms with E-state index in [1.807, 2.05) is 0 Å². The van der Waals surface area contributed by atoms with E-state index in [0.717, 1.165) is 5.92 Å². The van der Waals surface area contributed by atoms with Crippen LogP contribution in [0.4, 0.5) is 0 Å². The fraction of sp³-hybridized carbons (Fsp3) is 1.00. The first-order valence-electron chi connectivity index (χ1n) is 3.94. The molecule has 0 atom stereocenters. The minimum absolute atomic E-state index is 0.389. The topological polar surface area (TPSA) is 0 Å². The molecule has 0 N–H and O–H groups in total. The maximum Gasteiger partial charge on any atom is -0.0302 e. The highest BCUT2D eigenvalue weighted by molar-refractivity contribution is 7.55. The zero-order valence-corrected chi connectivity index (χ0v) is 7.45. The Kier molecular flexibility index (Phi) is 2.98. The fourth-order valence-electron chi connectivity index (χ4n) is 1.71. The van der Waals surface area contributed by atoms with Crippen LogP contribution in [-0.4, -0.2) is 19.5 Å². The average molecular weight is 144 g/mol. The van der Waals surface area contributed by atoms with Crippen LogP contribution in [0.2, 0.25) is 0 Å². The van der Waals surface area contributed by atoms with Crippen LogP contribution in [0.15, 0.2) is 0 Å². The molecule has 0 heterocycles. The molecule has 54 valence electrons. The lowest BCUT2D eigenvalue weighted by Crippen LogP contribution is -1.97. The Morgan fingerprint density at radius 2 is 1.78 bits per heavy atom. The van der Waals surface area contributed by atoms with E-state index < -0.39 is 0 Å². The van der Waals surface area contributed by atoms with Gasteiger partial charge in [0, 0.05) is 0 Å². The van der Waals surface area contributed by atoms with E-state index >= 15 is 0 Å². The lowest BCUT2D eigenvalue weighted by atomic mass is 10.1. The minimum atomic E-state index is 0.389. The average Bonchev–Trinajstić information content (AvgIpc) is 2.15. The molecule has 0 nitrogen and oxygen atoms in total. The molecule has 0 bridgehead atoms. The summed E-state index contributed by atoms with van der Waals surface area (Å²) in [6.45, 7) is 4.79. The Hall–Kier alpha value is 0.430. The van der Waals surface area contributed by atoms with Gasteiger partial charge in [0.05, 0.1) is 0 Å². The normalized spacial score (nSPS) is 21.7. The summed E-state index contributed by atoms with van der Waals surface area (Å²) in [6, 6.07) is 0. The molecule has 1 fully saturated rings. The van der Waals surface area contributed by atoms with Crippen LogP contribution in [0.25, 0.3) is 0 Å². The Morgan fingerprint density at radius 3 is 2.22 bits per heavy atom. The van der Waals surface area contributed by atoms with Crippen molar-refractivity contribution in [3.63, 3.8) is 0 Å². The minimum Gasteiger partial charge on any atom is -0.113 e. The third kappa shape index (κ3) is 2.67. The van der Waals surface area contributed by atoms with Gasteiger partial charge in [0.25, 0.3) is 0 Å². The molecule has 0 amide bonds. The van der Waals surface area contributed by atoms with Gasteiger partial charge in [-0.15, -0.1) is 7.92 Å². The predicted octanol–water partition coefficient (Wildman–Crippen LogP) is 2.92. The Morgan fingerprint density at radius 1 is 1.22 bits per heavy atom. The van der Waals surface area contributed by atoms with E-state index in [1.165, 1.54) is 31.8 Å². The Labute approximate surface area is 59.8 Å². The summed E-state index contributed by atoms with van der Waals surface area (Å²) in [6.07, 6.45) is 7.61. The predicted molar refractivity (Wildman–Crippen MR) is 45.6 cm³/mol. The van der Waals surface area contributed by atoms with Gasteiger partial charge in [-0.2, -0.15) is 0 Å². The first kappa shape index (κ1) is 7.54. The van der Waals surface area contributed by atoms with Crippen molar-refractivity contribution >= 4 is 7.92 Å². The van der Waals surface area contributed by atoms with E-state index in [2.05, 4.69) is 13.3 Å². The van der Waals surface area contributed by atoms with Crippen LogP contribution in [0.5, 0.6) is 0 Å². The van der Waals surface area contributed by atoms with E-state index in [1.54, 1.807) is 0 Å². The van der Waals surface area contributed by atoms with Crippen molar-refractivity contribution in [1.29, 1.82) is 0 Å². The lowest BCUT2D eigenvalue weighted by molar-refractivity contribution is 0.620. The molecule has 0 saturated heterocycles. The molecular weight excluding hydrogens is 127 g/mol. The molecule has 1 aliphatic carbocycles. The molecule has 1 heteroatoms. The molecule has 0 radical (unpaired) electrons. The maximum atomic E-state index is 2.40. The van der Waals surface area contributed by atoms with Crippen LogP contribution in [-0.2, 0) is 0 Å². The number of hydrogen-bond donors (Lipinski definition) is 0. The molecule has 0 spiro atoms.